The molecule has 0 bridgehead atoms. The fourth-order valence-electron chi connectivity index (χ4n) is 3.14. The van der Waals surface area contributed by atoms with Crippen LogP contribution in [0.4, 0.5) is 18.9 Å². The molecule has 0 amide bonds. The van der Waals surface area contributed by atoms with Crippen molar-refractivity contribution in [3.63, 3.8) is 0 Å². The largest absolute Gasteiger partial charge is 0.478 e. The summed E-state index contributed by atoms with van der Waals surface area (Å²) in [5, 5.41) is 17.8. The molecule has 0 unspecified atom stereocenters. The Kier molecular flexibility index (Phi) is 6.51. The van der Waals surface area contributed by atoms with E-state index < -0.39 is 17.7 Å². The second-order valence-corrected chi connectivity index (χ2v) is 8.10. The molecule has 172 valence electrons. The van der Waals surface area contributed by atoms with Gasteiger partial charge >= 0.3 is 12.1 Å². The molecular formula is C24H16BrF3N4O2. The number of aromatic carboxylic acids is 1. The molecule has 0 atom stereocenters. The molecule has 0 aliphatic rings. The van der Waals surface area contributed by atoms with E-state index in [1.807, 2.05) is 24.3 Å². The van der Waals surface area contributed by atoms with Crippen molar-refractivity contribution in [3.05, 3.63) is 100 Å². The second-order valence-electron chi connectivity index (χ2n) is 7.19. The molecule has 4 rings (SSSR count). The lowest BCUT2D eigenvalue weighted by atomic mass is 10.1. The smallest absolute Gasteiger partial charge is 0.416 e. The minimum atomic E-state index is -4.50. The van der Waals surface area contributed by atoms with Crippen LogP contribution in [0.15, 0.2) is 88.6 Å². The molecular weight excluding hydrogens is 513 g/mol. The monoisotopic (exact) mass is 528 g/mol. The predicted octanol–water partition coefficient (Wildman–Crippen LogP) is 6.46. The predicted molar refractivity (Wildman–Crippen MR) is 126 cm³/mol. The zero-order chi connectivity index (χ0) is 24.3. The zero-order valence-electron chi connectivity index (χ0n) is 17.3. The number of hydrogen-bond donors (Lipinski definition) is 2. The number of nitrogens with zero attached hydrogens (tertiary/aromatic N) is 3. The normalized spacial score (nSPS) is 11.6. The van der Waals surface area contributed by atoms with Crippen LogP contribution in [0.2, 0.25) is 0 Å². The molecule has 0 spiro atoms. The van der Waals surface area contributed by atoms with Crippen molar-refractivity contribution >= 4 is 33.8 Å². The number of rotatable bonds is 6. The lowest BCUT2D eigenvalue weighted by Crippen LogP contribution is -2.04. The van der Waals surface area contributed by atoms with E-state index in [0.717, 1.165) is 22.3 Å². The highest BCUT2D eigenvalue weighted by Gasteiger charge is 2.30. The van der Waals surface area contributed by atoms with Crippen molar-refractivity contribution in [1.82, 2.24) is 9.78 Å². The molecule has 4 aromatic rings. The standard InChI is InChI=1S/C24H16BrF3N4O2/c25-19-6-8-20(9-7-19)30-29-13-17-14-32(21-10-4-15(5-11-21)23(33)34)31-22(17)16-2-1-3-18(12-16)24(26,27)28/h1-14,30H,(H,33,34)/b29-13+. The van der Waals surface area contributed by atoms with Crippen LogP contribution in [0.3, 0.4) is 0 Å². The van der Waals surface area contributed by atoms with E-state index in [2.05, 4.69) is 31.6 Å². The topological polar surface area (TPSA) is 79.5 Å². The number of carboxylic acid groups (broad SMARTS) is 1. The number of alkyl halides is 3. The van der Waals surface area contributed by atoms with Gasteiger partial charge in [-0.3, -0.25) is 5.43 Å². The summed E-state index contributed by atoms with van der Waals surface area (Å²) in [7, 11) is 0. The maximum absolute atomic E-state index is 13.3. The quantitative estimate of drug-likeness (QED) is 0.222. The van der Waals surface area contributed by atoms with Crippen molar-refractivity contribution in [3.8, 4) is 16.9 Å². The molecule has 0 aliphatic heterocycles. The number of benzene rings is 3. The maximum atomic E-state index is 13.3. The average molecular weight is 529 g/mol. The summed E-state index contributed by atoms with van der Waals surface area (Å²) >= 11 is 3.35. The first-order valence-corrected chi connectivity index (χ1v) is 10.7. The van der Waals surface area contributed by atoms with Crippen molar-refractivity contribution in [2.75, 3.05) is 5.43 Å². The summed E-state index contributed by atoms with van der Waals surface area (Å²) < 4.78 is 42.2. The van der Waals surface area contributed by atoms with Crippen molar-refractivity contribution in [1.29, 1.82) is 0 Å². The van der Waals surface area contributed by atoms with E-state index in [-0.39, 0.29) is 16.8 Å². The second kappa shape index (κ2) is 9.52. The molecule has 10 heteroatoms. The van der Waals surface area contributed by atoms with Crippen molar-refractivity contribution < 1.29 is 23.1 Å². The van der Waals surface area contributed by atoms with E-state index in [0.29, 0.717) is 11.3 Å². The average Bonchev–Trinajstić information content (AvgIpc) is 3.24. The van der Waals surface area contributed by atoms with Gasteiger partial charge in [-0.25, -0.2) is 9.48 Å². The first kappa shape index (κ1) is 23.2. The van der Waals surface area contributed by atoms with Crippen LogP contribution < -0.4 is 5.43 Å². The third-order valence-electron chi connectivity index (χ3n) is 4.83. The number of halogens is 4. The highest BCUT2D eigenvalue weighted by Crippen LogP contribution is 2.32. The molecule has 0 saturated carbocycles. The van der Waals surface area contributed by atoms with E-state index in [4.69, 9.17) is 5.11 Å². The molecule has 2 N–H and O–H groups in total. The molecule has 0 fully saturated rings. The van der Waals surface area contributed by atoms with Gasteiger partial charge in [-0.1, -0.05) is 28.1 Å². The number of nitrogens with one attached hydrogen (secondary N) is 1. The fraction of sp³-hybridized carbons (Fsp3) is 0.0417. The Hall–Kier alpha value is -3.92. The Morgan fingerprint density at radius 1 is 1.06 bits per heavy atom. The Morgan fingerprint density at radius 2 is 1.76 bits per heavy atom. The lowest BCUT2D eigenvalue weighted by Gasteiger charge is -2.08. The van der Waals surface area contributed by atoms with Gasteiger partial charge in [-0.2, -0.15) is 23.4 Å². The summed E-state index contributed by atoms with van der Waals surface area (Å²) in [6.07, 6.45) is -1.42. The maximum Gasteiger partial charge on any atom is 0.416 e. The summed E-state index contributed by atoms with van der Waals surface area (Å²) in [5.41, 5.74) is 4.46. The van der Waals surface area contributed by atoms with Gasteiger partial charge in [0.15, 0.2) is 0 Å². The third-order valence-corrected chi connectivity index (χ3v) is 5.35. The molecule has 6 nitrogen and oxygen atoms in total. The van der Waals surface area contributed by atoms with E-state index in [1.165, 1.54) is 35.2 Å². The van der Waals surface area contributed by atoms with Crippen LogP contribution in [0, 0.1) is 0 Å². The first-order valence-electron chi connectivity index (χ1n) is 9.86. The number of aromatic nitrogens is 2. The number of carboxylic acids is 1. The number of anilines is 1. The third kappa shape index (κ3) is 5.34. The van der Waals surface area contributed by atoms with E-state index in [1.54, 1.807) is 18.3 Å². The van der Waals surface area contributed by atoms with Gasteiger partial charge in [-0.15, -0.1) is 0 Å². The summed E-state index contributed by atoms with van der Waals surface area (Å²) in [6, 6.07) is 18.1. The van der Waals surface area contributed by atoms with Crippen LogP contribution in [0.5, 0.6) is 0 Å². The van der Waals surface area contributed by atoms with Crippen LogP contribution in [0.25, 0.3) is 16.9 Å². The van der Waals surface area contributed by atoms with Gasteiger partial charge in [-0.05, 0) is 60.7 Å². The number of hydrogen-bond acceptors (Lipinski definition) is 4. The van der Waals surface area contributed by atoms with Crippen LogP contribution in [-0.2, 0) is 6.18 Å². The minimum absolute atomic E-state index is 0.106. The minimum Gasteiger partial charge on any atom is -0.478 e. The Morgan fingerprint density at radius 3 is 2.41 bits per heavy atom. The van der Waals surface area contributed by atoms with Crippen LogP contribution in [0.1, 0.15) is 21.5 Å². The van der Waals surface area contributed by atoms with E-state index >= 15 is 0 Å². The van der Waals surface area contributed by atoms with Crippen molar-refractivity contribution in [2.45, 2.75) is 6.18 Å². The Labute approximate surface area is 200 Å². The molecule has 34 heavy (non-hydrogen) atoms. The van der Waals surface area contributed by atoms with Gasteiger partial charge in [0.25, 0.3) is 0 Å². The number of hydrazone groups is 1. The lowest BCUT2D eigenvalue weighted by molar-refractivity contribution is -0.137. The summed E-state index contributed by atoms with van der Waals surface area (Å²) in [5.74, 6) is -1.07. The molecule has 3 aromatic carbocycles. The molecule has 0 saturated heterocycles. The van der Waals surface area contributed by atoms with Crippen LogP contribution in [-0.4, -0.2) is 27.1 Å². The summed E-state index contributed by atoms with van der Waals surface area (Å²) in [6.45, 7) is 0. The Bertz CT molecular complexity index is 1350. The molecule has 1 aromatic heterocycles. The van der Waals surface area contributed by atoms with Gasteiger partial charge < -0.3 is 5.11 Å². The van der Waals surface area contributed by atoms with Gasteiger partial charge in [0.05, 0.1) is 28.7 Å². The van der Waals surface area contributed by atoms with Crippen LogP contribution >= 0.6 is 15.9 Å². The SMILES string of the molecule is O=C(O)c1ccc(-n2cc(/C=N/Nc3ccc(Br)cc3)c(-c3cccc(C(F)(F)F)c3)n2)cc1. The molecule has 0 aliphatic carbocycles. The van der Waals surface area contributed by atoms with Gasteiger partial charge in [0.2, 0.25) is 0 Å². The highest BCUT2D eigenvalue weighted by atomic mass is 79.9. The molecule has 1 heterocycles. The fourth-order valence-corrected chi connectivity index (χ4v) is 3.40. The highest BCUT2D eigenvalue weighted by molar-refractivity contribution is 9.10. The molecule has 0 radical (unpaired) electrons. The van der Waals surface area contributed by atoms with Gasteiger partial charge in [0.1, 0.15) is 5.69 Å². The van der Waals surface area contributed by atoms with E-state index in [9.17, 15) is 18.0 Å². The van der Waals surface area contributed by atoms with Gasteiger partial charge in [0, 0.05) is 21.8 Å². The first-order chi connectivity index (χ1) is 16.2. The number of carbonyl (C=O) groups is 1. The van der Waals surface area contributed by atoms with Crippen molar-refractivity contribution in [2.24, 2.45) is 5.10 Å². The zero-order valence-corrected chi connectivity index (χ0v) is 18.9. The summed E-state index contributed by atoms with van der Waals surface area (Å²) in [4.78, 5) is 11.1. The Balaban J connectivity index is 1.73.